The predicted molar refractivity (Wildman–Crippen MR) is 54.8 cm³/mol. The first-order chi connectivity index (χ1) is 7.18. The number of hydrogen-bond acceptors (Lipinski definition) is 2. The number of carbonyl (C=O) groups is 1. The van der Waals surface area contributed by atoms with Gasteiger partial charge in [0, 0.05) is 0 Å². The Morgan fingerprint density at radius 2 is 2.20 bits per heavy atom. The zero-order valence-electron chi connectivity index (χ0n) is 8.68. The minimum atomic E-state index is -0.357. The number of ketones is 1. The second-order valence-electron chi connectivity index (χ2n) is 3.80. The number of aryl methyl sites for hydroxylation is 1. The maximum absolute atomic E-state index is 13.2. The lowest BCUT2D eigenvalue weighted by molar-refractivity contribution is 0.101. The lowest BCUT2D eigenvalue weighted by Crippen LogP contribution is -2.03. The van der Waals surface area contributed by atoms with Crippen molar-refractivity contribution >= 4 is 5.78 Å². The van der Waals surface area contributed by atoms with E-state index in [1.165, 1.54) is 19.1 Å². The average molecular weight is 208 g/mol. The second-order valence-corrected chi connectivity index (χ2v) is 3.80. The number of halogens is 1. The van der Waals surface area contributed by atoms with Crippen molar-refractivity contribution in [2.45, 2.75) is 26.2 Å². The molecule has 15 heavy (non-hydrogen) atoms. The molecule has 3 heteroatoms. The first kappa shape index (κ1) is 10.1. The first-order valence-electron chi connectivity index (χ1n) is 5.14. The van der Waals surface area contributed by atoms with Gasteiger partial charge in [-0.05, 0) is 43.9 Å². The molecule has 0 radical (unpaired) electrons. The Bertz CT molecular complexity index is 399. The van der Waals surface area contributed by atoms with E-state index >= 15 is 0 Å². The third-order valence-electron chi connectivity index (χ3n) is 2.60. The molecule has 1 heterocycles. The van der Waals surface area contributed by atoms with Gasteiger partial charge in [0.15, 0.2) is 5.78 Å². The molecule has 0 fully saturated rings. The minimum absolute atomic E-state index is 0.146. The highest BCUT2D eigenvalue weighted by Crippen LogP contribution is 2.29. The molecule has 0 N–H and O–H groups in total. The van der Waals surface area contributed by atoms with Crippen molar-refractivity contribution in [3.63, 3.8) is 0 Å². The summed E-state index contributed by atoms with van der Waals surface area (Å²) in [6, 6.07) is 2.72. The molecule has 1 aromatic carbocycles. The monoisotopic (exact) mass is 208 g/mol. The SMILES string of the molecule is CC(=O)c1cc(F)cc2c1OCCCC2. The molecule has 80 valence electrons. The summed E-state index contributed by atoms with van der Waals surface area (Å²) >= 11 is 0. The lowest BCUT2D eigenvalue weighted by Gasteiger charge is -2.11. The van der Waals surface area contributed by atoms with E-state index < -0.39 is 0 Å². The fraction of sp³-hybridized carbons (Fsp3) is 0.417. The Hall–Kier alpha value is -1.38. The Morgan fingerprint density at radius 3 is 2.93 bits per heavy atom. The fourth-order valence-electron chi connectivity index (χ4n) is 1.86. The molecule has 1 aliphatic rings. The summed E-state index contributed by atoms with van der Waals surface area (Å²) in [6.07, 6.45) is 2.72. The third kappa shape index (κ3) is 2.01. The van der Waals surface area contributed by atoms with Crippen molar-refractivity contribution in [1.29, 1.82) is 0 Å². The second kappa shape index (κ2) is 4.01. The van der Waals surface area contributed by atoms with Crippen LogP contribution in [0.5, 0.6) is 5.75 Å². The average Bonchev–Trinajstić information content (AvgIpc) is 2.41. The smallest absolute Gasteiger partial charge is 0.163 e. The molecule has 2 nitrogen and oxygen atoms in total. The maximum atomic E-state index is 13.2. The van der Waals surface area contributed by atoms with E-state index in [2.05, 4.69) is 0 Å². The van der Waals surface area contributed by atoms with Crippen molar-refractivity contribution < 1.29 is 13.9 Å². The van der Waals surface area contributed by atoms with E-state index in [1.54, 1.807) is 0 Å². The van der Waals surface area contributed by atoms with Crippen LogP contribution in [0.4, 0.5) is 4.39 Å². The summed E-state index contributed by atoms with van der Waals surface area (Å²) in [7, 11) is 0. The summed E-state index contributed by atoms with van der Waals surface area (Å²) in [5, 5.41) is 0. The summed E-state index contributed by atoms with van der Waals surface area (Å²) in [6.45, 7) is 2.04. The Labute approximate surface area is 88.1 Å². The Morgan fingerprint density at radius 1 is 1.40 bits per heavy atom. The molecule has 0 bridgehead atoms. The number of rotatable bonds is 1. The molecule has 0 atom stereocenters. The van der Waals surface area contributed by atoms with Gasteiger partial charge in [-0.25, -0.2) is 4.39 Å². The molecular weight excluding hydrogens is 195 g/mol. The predicted octanol–water partition coefficient (Wildman–Crippen LogP) is 2.74. The topological polar surface area (TPSA) is 26.3 Å². The van der Waals surface area contributed by atoms with Gasteiger partial charge in [-0.15, -0.1) is 0 Å². The van der Waals surface area contributed by atoms with Crippen LogP contribution < -0.4 is 4.74 Å². The van der Waals surface area contributed by atoms with Gasteiger partial charge in [-0.2, -0.15) is 0 Å². The summed E-state index contributed by atoms with van der Waals surface area (Å²) in [5.41, 5.74) is 1.18. The van der Waals surface area contributed by atoms with Gasteiger partial charge in [0.2, 0.25) is 0 Å². The van der Waals surface area contributed by atoms with Gasteiger partial charge in [-0.3, -0.25) is 4.79 Å². The van der Waals surface area contributed by atoms with E-state index in [-0.39, 0.29) is 11.6 Å². The van der Waals surface area contributed by atoms with Gasteiger partial charge in [0.25, 0.3) is 0 Å². The van der Waals surface area contributed by atoms with Crippen LogP contribution in [0.2, 0.25) is 0 Å². The number of ether oxygens (including phenoxy) is 1. The summed E-state index contributed by atoms with van der Waals surface area (Å²) < 4.78 is 18.7. The van der Waals surface area contributed by atoms with Crippen LogP contribution in [0.3, 0.4) is 0 Å². The summed E-state index contributed by atoms with van der Waals surface area (Å²) in [5.74, 6) is 0.0819. The standard InChI is InChI=1S/C12H13FO2/c1-8(14)11-7-10(13)6-9-4-2-3-5-15-12(9)11/h6-7H,2-5H2,1H3. The summed E-state index contributed by atoms with van der Waals surface area (Å²) in [4.78, 5) is 11.3. The molecule has 1 aliphatic heterocycles. The normalized spacial score (nSPS) is 15.1. The number of fused-ring (bicyclic) bond motifs is 1. The van der Waals surface area contributed by atoms with Crippen LogP contribution >= 0.6 is 0 Å². The maximum Gasteiger partial charge on any atom is 0.163 e. The quantitative estimate of drug-likeness (QED) is 0.663. The van der Waals surface area contributed by atoms with E-state index in [4.69, 9.17) is 4.74 Å². The number of Topliss-reactive ketones (excluding diaryl/α,β-unsaturated/α-hetero) is 1. The Balaban J connectivity index is 2.54. The van der Waals surface area contributed by atoms with Crippen molar-refractivity contribution in [1.82, 2.24) is 0 Å². The molecular formula is C12H13FO2. The Kier molecular flexibility index (Phi) is 2.71. The highest BCUT2D eigenvalue weighted by molar-refractivity contribution is 5.97. The van der Waals surface area contributed by atoms with Crippen LogP contribution in [0.25, 0.3) is 0 Å². The van der Waals surface area contributed by atoms with Gasteiger partial charge < -0.3 is 4.74 Å². The molecule has 2 rings (SSSR count). The molecule has 0 unspecified atom stereocenters. The molecule has 0 aromatic heterocycles. The number of hydrogen-bond donors (Lipinski definition) is 0. The minimum Gasteiger partial charge on any atom is -0.493 e. The van der Waals surface area contributed by atoms with Crippen molar-refractivity contribution in [3.05, 3.63) is 29.1 Å². The van der Waals surface area contributed by atoms with E-state index in [1.807, 2.05) is 0 Å². The van der Waals surface area contributed by atoms with Crippen LogP contribution in [-0.2, 0) is 6.42 Å². The zero-order chi connectivity index (χ0) is 10.8. The van der Waals surface area contributed by atoms with Crippen LogP contribution in [-0.4, -0.2) is 12.4 Å². The van der Waals surface area contributed by atoms with E-state index in [9.17, 15) is 9.18 Å². The van der Waals surface area contributed by atoms with E-state index in [0.717, 1.165) is 24.8 Å². The molecule has 1 aromatic rings. The lowest BCUT2D eigenvalue weighted by atomic mass is 10.0. The largest absolute Gasteiger partial charge is 0.493 e. The molecule has 0 amide bonds. The molecule has 0 saturated carbocycles. The highest BCUT2D eigenvalue weighted by atomic mass is 19.1. The van der Waals surface area contributed by atoms with Crippen LogP contribution in [0.1, 0.15) is 35.7 Å². The fourth-order valence-corrected chi connectivity index (χ4v) is 1.86. The van der Waals surface area contributed by atoms with Gasteiger partial charge in [0.05, 0.1) is 12.2 Å². The highest BCUT2D eigenvalue weighted by Gasteiger charge is 2.17. The van der Waals surface area contributed by atoms with Crippen molar-refractivity contribution in [2.24, 2.45) is 0 Å². The van der Waals surface area contributed by atoms with Gasteiger partial charge in [-0.1, -0.05) is 0 Å². The number of benzene rings is 1. The number of carbonyl (C=O) groups excluding carboxylic acids is 1. The third-order valence-corrected chi connectivity index (χ3v) is 2.60. The van der Waals surface area contributed by atoms with Crippen LogP contribution in [0.15, 0.2) is 12.1 Å². The van der Waals surface area contributed by atoms with Crippen molar-refractivity contribution in [3.8, 4) is 5.75 Å². The first-order valence-corrected chi connectivity index (χ1v) is 5.14. The van der Waals surface area contributed by atoms with Gasteiger partial charge in [0.1, 0.15) is 11.6 Å². The molecule has 0 spiro atoms. The van der Waals surface area contributed by atoms with Crippen LogP contribution in [0, 0.1) is 5.82 Å². The van der Waals surface area contributed by atoms with Gasteiger partial charge >= 0.3 is 0 Å². The zero-order valence-corrected chi connectivity index (χ0v) is 8.68. The van der Waals surface area contributed by atoms with E-state index in [0.29, 0.717) is 17.9 Å². The molecule has 0 aliphatic carbocycles. The van der Waals surface area contributed by atoms with Crippen molar-refractivity contribution in [2.75, 3.05) is 6.61 Å². The molecule has 0 saturated heterocycles.